The molecular weight excluding hydrogens is 374 g/mol. The first kappa shape index (κ1) is 18.4. The molecule has 0 bridgehead atoms. The molecule has 5 heteroatoms. The Bertz CT molecular complexity index is 988. The molecule has 2 atom stereocenters. The number of ether oxygens (including phenoxy) is 2. The Morgan fingerprint density at radius 1 is 0.821 bits per heavy atom. The summed E-state index contributed by atoms with van der Waals surface area (Å²) >= 11 is 6.08. The molecule has 3 aromatic carbocycles. The van der Waals surface area contributed by atoms with Crippen molar-refractivity contribution >= 4 is 23.2 Å². The van der Waals surface area contributed by atoms with E-state index in [1.807, 2.05) is 77.7 Å². The molecule has 0 aliphatic carbocycles. The zero-order valence-electron chi connectivity index (χ0n) is 15.6. The van der Waals surface area contributed by atoms with Crippen molar-refractivity contribution in [3.05, 3.63) is 88.9 Å². The van der Waals surface area contributed by atoms with E-state index in [2.05, 4.69) is 0 Å². The van der Waals surface area contributed by atoms with Gasteiger partial charge in [0, 0.05) is 10.7 Å². The van der Waals surface area contributed by atoms with Gasteiger partial charge in [0.25, 0.3) is 0 Å². The second kappa shape index (κ2) is 7.56. The van der Waals surface area contributed by atoms with Gasteiger partial charge in [-0.25, -0.2) is 0 Å². The van der Waals surface area contributed by atoms with Gasteiger partial charge in [0.05, 0.1) is 26.2 Å². The van der Waals surface area contributed by atoms with Crippen molar-refractivity contribution in [2.75, 3.05) is 19.1 Å². The lowest BCUT2D eigenvalue weighted by molar-refractivity contribution is -0.126. The molecule has 4 rings (SSSR count). The van der Waals surface area contributed by atoms with Crippen LogP contribution in [0.25, 0.3) is 0 Å². The summed E-state index contributed by atoms with van der Waals surface area (Å²) in [5, 5.41) is 0.670. The van der Waals surface area contributed by atoms with Crippen molar-refractivity contribution < 1.29 is 14.3 Å². The molecule has 1 aliphatic rings. The van der Waals surface area contributed by atoms with Crippen LogP contribution in [0.15, 0.2) is 72.8 Å². The van der Waals surface area contributed by atoms with Crippen LogP contribution in [0.3, 0.4) is 0 Å². The number of rotatable bonds is 5. The maximum atomic E-state index is 13.2. The van der Waals surface area contributed by atoms with Gasteiger partial charge in [-0.05, 0) is 47.5 Å². The molecule has 4 nitrogen and oxygen atoms in total. The molecule has 1 heterocycles. The topological polar surface area (TPSA) is 38.8 Å². The minimum absolute atomic E-state index is 0.0540. The van der Waals surface area contributed by atoms with Gasteiger partial charge in [0.1, 0.15) is 0 Å². The van der Waals surface area contributed by atoms with E-state index >= 15 is 0 Å². The van der Waals surface area contributed by atoms with E-state index in [-0.39, 0.29) is 17.9 Å². The minimum Gasteiger partial charge on any atom is -0.493 e. The summed E-state index contributed by atoms with van der Waals surface area (Å²) < 4.78 is 10.8. The summed E-state index contributed by atoms with van der Waals surface area (Å²) in [6.45, 7) is 0. The van der Waals surface area contributed by atoms with E-state index < -0.39 is 0 Å². The molecule has 2 unspecified atom stereocenters. The molecule has 0 radical (unpaired) electrons. The SMILES string of the molecule is COc1ccc(C2C(=O)N(c3ccccc3)C2c2ccc(Cl)cc2)cc1OC. The van der Waals surface area contributed by atoms with E-state index in [1.54, 1.807) is 14.2 Å². The fraction of sp³-hybridized carbons (Fsp3) is 0.174. The van der Waals surface area contributed by atoms with Gasteiger partial charge in [-0.1, -0.05) is 48.0 Å². The normalized spacial score (nSPS) is 18.5. The van der Waals surface area contributed by atoms with E-state index in [1.165, 1.54) is 0 Å². The summed E-state index contributed by atoms with van der Waals surface area (Å²) in [6, 6.07) is 22.9. The highest BCUT2D eigenvalue weighted by molar-refractivity contribution is 6.30. The number of hydrogen-bond acceptors (Lipinski definition) is 3. The van der Waals surface area contributed by atoms with Crippen LogP contribution in [-0.2, 0) is 4.79 Å². The molecule has 0 aromatic heterocycles. The largest absolute Gasteiger partial charge is 0.493 e. The van der Waals surface area contributed by atoms with E-state index in [0.717, 1.165) is 16.8 Å². The third-order valence-electron chi connectivity index (χ3n) is 5.11. The lowest BCUT2D eigenvalue weighted by atomic mass is 9.77. The molecule has 3 aromatic rings. The Kier molecular flexibility index (Phi) is 4.97. The maximum Gasteiger partial charge on any atom is 0.237 e. The van der Waals surface area contributed by atoms with Crippen LogP contribution in [0, 0.1) is 0 Å². The number of β-lactam (4-membered cyclic amide) rings is 1. The second-order valence-corrected chi connectivity index (χ2v) is 7.07. The first-order valence-corrected chi connectivity index (χ1v) is 9.37. The Labute approximate surface area is 169 Å². The van der Waals surface area contributed by atoms with Gasteiger partial charge < -0.3 is 14.4 Å². The van der Waals surface area contributed by atoms with Gasteiger partial charge in [-0.3, -0.25) is 4.79 Å². The highest BCUT2D eigenvalue weighted by atomic mass is 35.5. The monoisotopic (exact) mass is 393 g/mol. The number of nitrogens with zero attached hydrogens (tertiary/aromatic N) is 1. The highest BCUT2D eigenvalue weighted by Gasteiger charge is 2.49. The average molecular weight is 394 g/mol. The minimum atomic E-state index is -0.304. The Balaban J connectivity index is 1.78. The number of methoxy groups -OCH3 is 2. The fourth-order valence-electron chi connectivity index (χ4n) is 3.74. The smallest absolute Gasteiger partial charge is 0.237 e. The zero-order chi connectivity index (χ0) is 19.7. The van der Waals surface area contributed by atoms with Gasteiger partial charge in [0.2, 0.25) is 5.91 Å². The van der Waals surface area contributed by atoms with Crippen LogP contribution < -0.4 is 14.4 Å². The summed E-state index contributed by atoms with van der Waals surface area (Å²) in [7, 11) is 3.19. The first-order valence-electron chi connectivity index (χ1n) is 8.99. The number of benzene rings is 3. The van der Waals surface area contributed by atoms with Crippen molar-refractivity contribution in [2.45, 2.75) is 12.0 Å². The molecule has 1 aliphatic heterocycles. The number of hydrogen-bond donors (Lipinski definition) is 0. The zero-order valence-corrected chi connectivity index (χ0v) is 16.4. The summed E-state index contributed by atoms with van der Waals surface area (Å²) in [4.78, 5) is 15.0. The van der Waals surface area contributed by atoms with Crippen molar-refractivity contribution in [3.8, 4) is 11.5 Å². The molecule has 1 fully saturated rings. The quantitative estimate of drug-likeness (QED) is 0.557. The standard InChI is InChI=1S/C23H20ClNO3/c1-27-19-13-10-16(14-20(19)28-2)21-22(15-8-11-17(24)12-9-15)25(23(21)26)18-6-4-3-5-7-18/h3-14,21-22H,1-2H3. The maximum absolute atomic E-state index is 13.2. The predicted molar refractivity (Wildman–Crippen MR) is 110 cm³/mol. The van der Waals surface area contributed by atoms with Gasteiger partial charge in [-0.2, -0.15) is 0 Å². The van der Waals surface area contributed by atoms with Crippen molar-refractivity contribution in [2.24, 2.45) is 0 Å². The van der Waals surface area contributed by atoms with E-state index in [9.17, 15) is 4.79 Å². The van der Waals surface area contributed by atoms with Crippen LogP contribution in [0.2, 0.25) is 5.02 Å². The number of para-hydroxylation sites is 1. The second-order valence-electron chi connectivity index (χ2n) is 6.63. The molecule has 0 spiro atoms. The van der Waals surface area contributed by atoms with Crippen LogP contribution >= 0.6 is 11.6 Å². The molecule has 142 valence electrons. The van der Waals surface area contributed by atoms with Crippen LogP contribution in [0.4, 0.5) is 5.69 Å². The van der Waals surface area contributed by atoms with E-state index in [0.29, 0.717) is 16.5 Å². The molecule has 1 saturated heterocycles. The number of carbonyl (C=O) groups excluding carboxylic acids is 1. The summed E-state index contributed by atoms with van der Waals surface area (Å²) in [6.07, 6.45) is 0. The van der Waals surface area contributed by atoms with Crippen LogP contribution in [-0.4, -0.2) is 20.1 Å². The highest BCUT2D eigenvalue weighted by Crippen LogP contribution is 2.50. The van der Waals surface area contributed by atoms with Crippen molar-refractivity contribution in [3.63, 3.8) is 0 Å². The lowest BCUT2D eigenvalue weighted by Crippen LogP contribution is -2.53. The number of carbonyl (C=O) groups is 1. The lowest BCUT2D eigenvalue weighted by Gasteiger charge is -2.47. The van der Waals surface area contributed by atoms with Gasteiger partial charge in [0.15, 0.2) is 11.5 Å². The molecule has 1 amide bonds. The van der Waals surface area contributed by atoms with Gasteiger partial charge >= 0.3 is 0 Å². The van der Waals surface area contributed by atoms with Gasteiger partial charge in [-0.15, -0.1) is 0 Å². The third-order valence-corrected chi connectivity index (χ3v) is 5.36. The average Bonchev–Trinajstić information content (AvgIpc) is 2.73. The number of amides is 1. The molecule has 0 N–H and O–H groups in total. The van der Waals surface area contributed by atoms with E-state index in [4.69, 9.17) is 21.1 Å². The summed E-state index contributed by atoms with van der Waals surface area (Å²) in [5.74, 6) is 1.00. The summed E-state index contributed by atoms with van der Waals surface area (Å²) in [5.41, 5.74) is 2.81. The molecular formula is C23H20ClNO3. The van der Waals surface area contributed by atoms with Crippen LogP contribution in [0.5, 0.6) is 11.5 Å². The first-order chi connectivity index (χ1) is 13.6. The van der Waals surface area contributed by atoms with Crippen molar-refractivity contribution in [1.29, 1.82) is 0 Å². The van der Waals surface area contributed by atoms with Crippen molar-refractivity contribution in [1.82, 2.24) is 0 Å². The predicted octanol–water partition coefficient (Wildman–Crippen LogP) is 5.23. The number of anilines is 1. The molecule has 0 saturated carbocycles. The Morgan fingerprint density at radius 3 is 2.11 bits per heavy atom. The fourth-order valence-corrected chi connectivity index (χ4v) is 3.86. The third kappa shape index (κ3) is 3.10. The van der Waals surface area contributed by atoms with Crippen LogP contribution in [0.1, 0.15) is 23.1 Å². The number of halogens is 1. The Morgan fingerprint density at radius 2 is 1.46 bits per heavy atom. The Hall–Kier alpha value is -2.98. The molecule has 28 heavy (non-hydrogen) atoms.